The minimum Gasteiger partial charge on any atom is -0.374 e. The largest absolute Gasteiger partial charge is 0.424 e. The fourth-order valence-electron chi connectivity index (χ4n) is 3.11. The van der Waals surface area contributed by atoms with E-state index in [1.165, 1.54) is 31.5 Å². The lowest BCUT2D eigenvalue weighted by Crippen LogP contribution is -2.46. The summed E-state index contributed by atoms with van der Waals surface area (Å²) >= 11 is 0.667. The van der Waals surface area contributed by atoms with Gasteiger partial charge in [0.25, 0.3) is 0 Å². The van der Waals surface area contributed by atoms with Gasteiger partial charge >= 0.3 is 6.18 Å². The summed E-state index contributed by atoms with van der Waals surface area (Å²) in [4.78, 5) is 17.3. The normalized spacial score (nSPS) is 13.7. The van der Waals surface area contributed by atoms with Crippen molar-refractivity contribution in [3.63, 3.8) is 0 Å². The zero-order valence-corrected chi connectivity index (χ0v) is 18.2. The molecule has 0 radical (unpaired) electrons. The van der Waals surface area contributed by atoms with Crippen molar-refractivity contribution in [2.75, 3.05) is 13.6 Å². The van der Waals surface area contributed by atoms with Crippen LogP contribution in [0, 0.1) is 12.7 Å². The van der Waals surface area contributed by atoms with Gasteiger partial charge in [-0.2, -0.15) is 18.3 Å². The predicted octanol–water partition coefficient (Wildman–Crippen LogP) is 4.21. The number of carbonyl (C=O) groups is 1. The topological polar surface area (TPSA) is 82.1 Å². The molecule has 0 aliphatic carbocycles. The van der Waals surface area contributed by atoms with Crippen LogP contribution in [0.4, 0.5) is 17.6 Å². The zero-order chi connectivity index (χ0) is 23.5. The third-order valence-electron chi connectivity index (χ3n) is 4.97. The number of nitrogens with zero attached hydrogens (tertiary/aromatic N) is 3. The zero-order valence-electron chi connectivity index (χ0n) is 17.4. The first-order chi connectivity index (χ1) is 15.0. The Hall–Kier alpha value is -2.79. The lowest BCUT2D eigenvalue weighted by atomic mass is 9.98. The first-order valence-electron chi connectivity index (χ1n) is 9.75. The van der Waals surface area contributed by atoms with Crippen molar-refractivity contribution >= 4 is 17.2 Å². The summed E-state index contributed by atoms with van der Waals surface area (Å²) in [7, 11) is 1.39. The number of alkyl halides is 3. The van der Waals surface area contributed by atoms with Crippen molar-refractivity contribution in [2.45, 2.75) is 38.0 Å². The van der Waals surface area contributed by atoms with Crippen molar-refractivity contribution in [2.24, 2.45) is 0 Å². The van der Waals surface area contributed by atoms with Crippen LogP contribution in [0.3, 0.4) is 0 Å². The molecule has 0 aliphatic heterocycles. The molecule has 3 rings (SSSR count). The molecule has 2 heterocycles. The molecular formula is C21H22F4N4O2S. The molecule has 0 aliphatic rings. The number of benzene rings is 1. The van der Waals surface area contributed by atoms with Gasteiger partial charge in [-0.25, -0.2) is 9.37 Å². The van der Waals surface area contributed by atoms with Crippen molar-refractivity contribution in [1.82, 2.24) is 20.1 Å². The van der Waals surface area contributed by atoms with Gasteiger partial charge in [-0.15, -0.1) is 11.3 Å². The molecule has 11 heteroatoms. The second kappa shape index (κ2) is 9.37. The van der Waals surface area contributed by atoms with Gasteiger partial charge in [-0.1, -0.05) is 12.1 Å². The molecule has 0 spiro atoms. The minimum atomic E-state index is -5.04. The fraction of sp³-hybridized carbons (Fsp3) is 0.381. The van der Waals surface area contributed by atoms with Crippen LogP contribution < -0.4 is 0 Å². The maximum absolute atomic E-state index is 13.6. The molecule has 1 amide bonds. The van der Waals surface area contributed by atoms with Gasteiger partial charge < -0.3 is 10.0 Å². The van der Waals surface area contributed by atoms with Gasteiger partial charge in [0.2, 0.25) is 11.5 Å². The third-order valence-corrected chi connectivity index (χ3v) is 6.08. The van der Waals surface area contributed by atoms with E-state index in [0.717, 1.165) is 10.6 Å². The number of aromatic amines is 1. The fourth-order valence-corrected chi connectivity index (χ4v) is 4.03. The highest BCUT2D eigenvalue weighted by Crippen LogP contribution is 2.43. The first-order valence-corrected chi connectivity index (χ1v) is 10.6. The number of aromatic nitrogens is 3. The van der Waals surface area contributed by atoms with E-state index < -0.39 is 29.1 Å². The van der Waals surface area contributed by atoms with Crippen molar-refractivity contribution < 1.29 is 27.5 Å². The molecule has 1 aromatic carbocycles. The Labute approximate surface area is 185 Å². The second-order valence-electron chi connectivity index (χ2n) is 7.54. The maximum Gasteiger partial charge on any atom is 0.424 e. The van der Waals surface area contributed by atoms with Gasteiger partial charge in [-0.05, 0) is 38.0 Å². The Morgan fingerprint density at radius 1 is 1.28 bits per heavy atom. The van der Waals surface area contributed by atoms with Crippen LogP contribution in [0.2, 0.25) is 0 Å². The molecule has 0 saturated heterocycles. The molecule has 32 heavy (non-hydrogen) atoms. The lowest BCUT2D eigenvalue weighted by molar-refractivity contribution is -0.268. The number of carbonyl (C=O) groups excluding carboxylic acids is 1. The quantitative estimate of drug-likeness (QED) is 0.483. The van der Waals surface area contributed by atoms with Crippen LogP contribution in [-0.4, -0.2) is 50.9 Å². The Balaban J connectivity index is 1.58. The van der Waals surface area contributed by atoms with Crippen molar-refractivity contribution in [1.29, 1.82) is 0 Å². The van der Waals surface area contributed by atoms with Crippen LogP contribution in [0.25, 0.3) is 11.3 Å². The van der Waals surface area contributed by atoms with E-state index in [-0.39, 0.29) is 12.4 Å². The number of H-pyrrole nitrogens is 1. The number of nitrogens with one attached hydrogen (secondary N) is 1. The van der Waals surface area contributed by atoms with E-state index in [1.54, 1.807) is 18.2 Å². The monoisotopic (exact) mass is 470 g/mol. The van der Waals surface area contributed by atoms with Crippen molar-refractivity contribution in [3.8, 4) is 11.3 Å². The molecule has 0 saturated carbocycles. The molecule has 6 nitrogen and oxygen atoms in total. The summed E-state index contributed by atoms with van der Waals surface area (Å²) in [6, 6.07) is 7.75. The Bertz CT molecular complexity index is 1080. The van der Waals surface area contributed by atoms with E-state index in [4.69, 9.17) is 0 Å². The Morgan fingerprint density at radius 3 is 2.66 bits per heavy atom. The number of rotatable bonds is 8. The van der Waals surface area contributed by atoms with Crippen LogP contribution >= 0.6 is 11.3 Å². The maximum atomic E-state index is 13.6. The summed E-state index contributed by atoms with van der Waals surface area (Å²) in [5, 5.41) is 18.1. The highest BCUT2D eigenvalue weighted by Gasteiger charge is 2.58. The van der Waals surface area contributed by atoms with Crippen LogP contribution in [0.5, 0.6) is 0 Å². The van der Waals surface area contributed by atoms with E-state index in [1.807, 2.05) is 0 Å². The average Bonchev–Trinajstić information content (AvgIpc) is 3.36. The summed E-state index contributed by atoms with van der Waals surface area (Å²) < 4.78 is 54.1. The van der Waals surface area contributed by atoms with Gasteiger partial charge in [-0.3, -0.25) is 9.89 Å². The van der Waals surface area contributed by atoms with Gasteiger partial charge in [0.15, 0.2) is 0 Å². The SMILES string of the molecule is Cc1csc(C(O)(CC(=O)N(C)CCCc2cc(-c3cccc(F)c3)n[nH]2)C(F)(F)F)n1. The minimum absolute atomic E-state index is 0.179. The van der Waals surface area contributed by atoms with E-state index in [2.05, 4.69) is 15.2 Å². The number of thiazole rings is 1. The number of amides is 1. The van der Waals surface area contributed by atoms with E-state index in [9.17, 15) is 27.5 Å². The molecule has 1 unspecified atom stereocenters. The van der Waals surface area contributed by atoms with E-state index >= 15 is 0 Å². The van der Waals surface area contributed by atoms with Crippen LogP contribution in [0.15, 0.2) is 35.7 Å². The van der Waals surface area contributed by atoms with Gasteiger partial charge in [0, 0.05) is 35.9 Å². The smallest absolute Gasteiger partial charge is 0.374 e. The molecule has 172 valence electrons. The number of halogens is 4. The number of aliphatic hydroxyl groups is 1. The predicted molar refractivity (Wildman–Crippen MR) is 111 cm³/mol. The molecule has 0 fully saturated rings. The molecule has 1 atom stereocenters. The molecule has 2 N–H and O–H groups in total. The Morgan fingerprint density at radius 2 is 2.03 bits per heavy atom. The molecule has 2 aromatic heterocycles. The van der Waals surface area contributed by atoms with E-state index in [0.29, 0.717) is 41.1 Å². The lowest BCUT2D eigenvalue weighted by Gasteiger charge is -2.29. The van der Waals surface area contributed by atoms with Crippen molar-refractivity contribution in [3.05, 3.63) is 57.9 Å². The summed E-state index contributed by atoms with van der Waals surface area (Å²) in [5.41, 5.74) is -1.07. The van der Waals surface area contributed by atoms with Gasteiger partial charge in [0.1, 0.15) is 10.8 Å². The second-order valence-corrected chi connectivity index (χ2v) is 8.39. The summed E-state index contributed by atoms with van der Waals surface area (Å²) in [5.74, 6) is -1.22. The Kier molecular flexibility index (Phi) is 6.99. The standard InChI is InChI=1S/C21H22F4N4O2S/c1-13-12-32-19(26-13)20(31,21(23,24)25)11-18(30)29(2)8-4-7-16-10-17(28-27-16)14-5-3-6-15(22)9-14/h3,5-6,9-10,12,31H,4,7-8,11H2,1-2H3,(H,27,28). The third kappa shape index (κ3) is 5.33. The number of hydrogen-bond donors (Lipinski definition) is 2. The van der Waals surface area contributed by atoms with Crippen LogP contribution in [0.1, 0.15) is 29.2 Å². The molecular weight excluding hydrogens is 448 g/mol. The molecule has 3 aromatic rings. The van der Waals surface area contributed by atoms with Crippen LogP contribution in [-0.2, 0) is 16.8 Å². The first kappa shape index (κ1) is 23.9. The molecule has 0 bridgehead atoms. The highest BCUT2D eigenvalue weighted by molar-refractivity contribution is 7.09. The number of aryl methyl sites for hydroxylation is 2. The number of hydrogen-bond acceptors (Lipinski definition) is 5. The average molecular weight is 470 g/mol. The summed E-state index contributed by atoms with van der Waals surface area (Å²) in [6.45, 7) is 1.69. The highest BCUT2D eigenvalue weighted by atomic mass is 32.1. The summed E-state index contributed by atoms with van der Waals surface area (Å²) in [6.07, 6.45) is -5.26. The van der Waals surface area contributed by atoms with Gasteiger partial charge in [0.05, 0.1) is 12.1 Å².